The number of phenols is 17. The Labute approximate surface area is 595 Å². The molecule has 15 unspecified atom stereocenters. The second-order valence-corrected chi connectivity index (χ2v) is 31.6. The molecule has 0 spiro atoms. The van der Waals surface area contributed by atoms with Crippen LogP contribution in [0.15, 0.2) is 121 Å². The van der Waals surface area contributed by atoms with Crippen molar-refractivity contribution < 1.29 is 139 Å². The summed E-state index contributed by atoms with van der Waals surface area (Å²) in [6.45, 7) is 1.61. The van der Waals surface area contributed by atoms with Gasteiger partial charge < -0.3 is 30.3 Å². The van der Waals surface area contributed by atoms with Crippen LogP contribution in [0, 0.1) is 22.3 Å². The number of ether oxygens (including phenoxy) is 4. The molecule has 23 N–H and O–H groups in total. The van der Waals surface area contributed by atoms with Crippen molar-refractivity contribution in [1.82, 2.24) is 0 Å². The van der Waals surface area contributed by atoms with Crippen molar-refractivity contribution in [3.8, 4) is 121 Å². The summed E-state index contributed by atoms with van der Waals surface area (Å²) in [5, 5.41) is 272. The molecule has 28 nitrogen and oxygen atoms in total. The van der Waals surface area contributed by atoms with Crippen LogP contribution < -0.4 is 18.9 Å². The summed E-state index contributed by atoms with van der Waals surface area (Å²) in [5.74, 6) is -22.9. The van der Waals surface area contributed by atoms with E-state index in [4.69, 9.17) is 22.0 Å². The number of aromatic hydroxyl groups is 17. The van der Waals surface area contributed by atoms with E-state index in [0.717, 1.165) is 72.8 Å². The van der Waals surface area contributed by atoms with Gasteiger partial charge in [0.1, 0.15) is 11.9 Å². The van der Waals surface area contributed by atoms with Gasteiger partial charge in [-0.15, -0.1) is 0 Å². The van der Waals surface area contributed by atoms with Crippen LogP contribution in [0.5, 0.6) is 121 Å². The average molecular weight is 1550 g/mol. The van der Waals surface area contributed by atoms with Gasteiger partial charge in [0.15, 0.2) is 23.0 Å². The molecular weight excluding hydrogens is 1480 g/mol. The van der Waals surface area contributed by atoms with Gasteiger partial charge in [-0.1, -0.05) is 6.07 Å². The molecule has 1 saturated heterocycles. The van der Waals surface area contributed by atoms with Crippen molar-refractivity contribution in [2.75, 3.05) is 0 Å². The van der Waals surface area contributed by atoms with Gasteiger partial charge in [-0.05, 0) is 49.1 Å². The van der Waals surface area contributed by atoms with Crippen LogP contribution in [0.2, 0.25) is 0 Å². The number of aliphatic hydroxyl groups excluding tert-OH is 6. The zero-order valence-electron chi connectivity index (χ0n) is 54.2. The first-order valence-corrected chi connectivity index (χ1v) is 36.0. The molecular formula is C75H69IO28. The van der Waals surface area contributed by atoms with Crippen molar-refractivity contribution in [3.63, 3.8) is 0 Å². The Hall–Kier alpha value is -10.8. The molecule has 2 fully saturated rings. The number of fused-ring (bicyclic) bond motifs is 5. The molecule has 1 aliphatic carbocycles. The van der Waals surface area contributed by atoms with E-state index in [2.05, 4.69) is 0 Å². The molecule has 9 aromatic carbocycles. The first-order valence-electron chi connectivity index (χ1n) is 32.8. The van der Waals surface area contributed by atoms with Gasteiger partial charge in [0.25, 0.3) is 0 Å². The SMILES string of the molecule is Cc1c2c(cc(O)c1C1c3c(O)cc(O)c(C4c5c(O)cc(O)c(C6C7C(OI(c8ccc(O)c(O)c8)C6O)C(C6c8c(O)cc(O)cc8OC(c8ccc(O)c(O)c8)C6O)C(O)C[C@@H]7O)c5OC(c5ccc(O)c(O)c5)C4O)c3OC(c3ccc(O)c(O)c3)[C@H]1O)OC(c1ccc(O)c(O)c1)CC2. The van der Waals surface area contributed by atoms with E-state index in [1.165, 1.54) is 42.5 Å². The van der Waals surface area contributed by atoms with E-state index in [0.29, 0.717) is 16.7 Å². The molecule has 0 aromatic heterocycles. The third kappa shape index (κ3) is 11.1. The van der Waals surface area contributed by atoms with Crippen LogP contribution >= 0.6 is 20.2 Å². The van der Waals surface area contributed by atoms with Gasteiger partial charge in [-0.3, -0.25) is 0 Å². The van der Waals surface area contributed by atoms with E-state index in [-0.39, 0.29) is 67.0 Å². The third-order valence-corrected chi connectivity index (χ3v) is 26.1. The maximum absolute atomic E-state index is 13.5. The van der Waals surface area contributed by atoms with Gasteiger partial charge >= 0.3 is 473 Å². The quantitative estimate of drug-likeness (QED) is 0.0369. The minimum absolute atomic E-state index is 0.0328. The van der Waals surface area contributed by atoms with E-state index < -0.39 is 247 Å². The van der Waals surface area contributed by atoms with Crippen molar-refractivity contribution in [2.24, 2.45) is 11.8 Å². The Morgan fingerprint density at radius 1 is 0.356 bits per heavy atom. The van der Waals surface area contributed by atoms with Crippen LogP contribution in [0.1, 0.15) is 128 Å². The van der Waals surface area contributed by atoms with Gasteiger partial charge in [-0.2, -0.15) is 0 Å². The molecule has 6 aliphatic rings. The van der Waals surface area contributed by atoms with E-state index in [1.807, 2.05) is 0 Å². The fraction of sp³-hybridized carbons (Fsp3) is 0.280. The molecule has 0 radical (unpaired) electrons. The smallest absolute Gasteiger partial charge is 0.504 e. The molecule has 0 bridgehead atoms. The number of hydrogen-bond donors (Lipinski definition) is 23. The van der Waals surface area contributed by atoms with Crippen LogP contribution in [0.4, 0.5) is 0 Å². The molecule has 0 amide bonds. The Morgan fingerprint density at radius 2 is 0.779 bits per heavy atom. The molecule has 29 heteroatoms. The van der Waals surface area contributed by atoms with Gasteiger partial charge in [-0.25, -0.2) is 0 Å². The van der Waals surface area contributed by atoms with Crippen molar-refractivity contribution in [3.05, 3.63) is 192 Å². The summed E-state index contributed by atoms with van der Waals surface area (Å²) in [7, 11) is 0. The van der Waals surface area contributed by atoms with Gasteiger partial charge in [0.05, 0.1) is 0 Å². The summed E-state index contributed by atoms with van der Waals surface area (Å²) >= 11 is -4.23. The number of aliphatic hydroxyl groups is 6. The number of halogens is 1. The fourth-order valence-corrected chi connectivity index (χ4v) is 21.8. The molecule has 544 valence electrons. The normalized spacial score (nSPS) is 27.8. The zero-order valence-corrected chi connectivity index (χ0v) is 56.3. The average Bonchev–Trinajstić information content (AvgIpc) is 0.708. The summed E-state index contributed by atoms with van der Waals surface area (Å²) in [4.78, 5) is 0. The zero-order chi connectivity index (χ0) is 73.8. The summed E-state index contributed by atoms with van der Waals surface area (Å²) in [6, 6.07) is 22.7. The van der Waals surface area contributed by atoms with Crippen LogP contribution in [-0.2, 0) is 9.49 Å². The first kappa shape index (κ1) is 69.0. The number of hydrogen-bond acceptors (Lipinski definition) is 28. The Balaban J connectivity index is 0.953. The topological polar surface area (TPSA) is 511 Å². The van der Waals surface area contributed by atoms with Crippen LogP contribution in [-0.4, -0.2) is 158 Å². The minimum atomic E-state index is -4.23. The predicted octanol–water partition coefficient (Wildman–Crippen LogP) is 8.04. The maximum atomic E-state index is 13.5. The van der Waals surface area contributed by atoms with Crippen molar-refractivity contribution in [1.29, 1.82) is 0 Å². The molecule has 5 aliphatic heterocycles. The second-order valence-electron chi connectivity index (χ2n) is 27.0. The van der Waals surface area contributed by atoms with Crippen molar-refractivity contribution >= 4 is 20.2 Å². The number of phenolic OH excluding ortho intramolecular Hbond substituents is 17. The molecule has 1 saturated carbocycles. The van der Waals surface area contributed by atoms with Crippen LogP contribution in [0.25, 0.3) is 0 Å². The third-order valence-electron chi connectivity index (χ3n) is 21.2. The van der Waals surface area contributed by atoms with Gasteiger partial charge in [0, 0.05) is 6.07 Å². The summed E-state index contributed by atoms with van der Waals surface area (Å²) < 4.78 is 31.5. The number of benzene rings is 9. The molecule has 5 heterocycles. The standard InChI is InChI=1S/C75H69IO28/c1-25-32-7-13-51(26-2-8-33(78)38(83)14-26)100-52(32)24-50(95)54(25)62-56-44(89)21-45(90)57(72(56)102-70(66(62)96)28-4-10-35(80)40(85)16-28)64-58-46(91)22-48(93)60(73(58)103-71(68(64)98)29-5-11-36(81)41(86)17-29)65-61-49(94)23-47(92)59(74(61)104-76(75(65)99)30-6-12-37(82)42(87)18-30)63-55-43(88)19-31(77)20-53(55)101-69(67(63)97)27-3-9-34(79)39(84)15-27/h2-6,8-12,14-22,24,47,49,51,59,61-71,74-75,77-99H,7,13,23H2,1H3/t47?,49-,51?,59?,61?,62?,63?,64?,65?,66-,67?,68?,69?,70?,71?,74?,75?/m0/s1. The monoisotopic (exact) mass is 1540 g/mol. The van der Waals surface area contributed by atoms with E-state index in [1.54, 1.807) is 13.0 Å². The summed E-state index contributed by atoms with van der Waals surface area (Å²) in [6.07, 6.45) is -17.3. The van der Waals surface area contributed by atoms with Crippen LogP contribution in [0.3, 0.4) is 0 Å². The molecule has 104 heavy (non-hydrogen) atoms. The fourth-order valence-electron chi connectivity index (χ4n) is 16.4. The predicted molar refractivity (Wildman–Crippen MR) is 367 cm³/mol. The number of alkyl halides is 1. The second kappa shape index (κ2) is 25.6. The van der Waals surface area contributed by atoms with Gasteiger partial charge in [0.2, 0.25) is 0 Å². The molecule has 9 aromatic rings. The first-order chi connectivity index (χ1) is 49.5. The van der Waals surface area contributed by atoms with E-state index in [9.17, 15) is 117 Å². The molecule has 17 atom stereocenters. The van der Waals surface area contributed by atoms with Crippen molar-refractivity contribution in [2.45, 2.75) is 115 Å². The van der Waals surface area contributed by atoms with E-state index >= 15 is 0 Å². The minimum Gasteiger partial charge on any atom is -0.504 e. The molecule has 15 rings (SSSR count). The summed E-state index contributed by atoms with van der Waals surface area (Å²) in [5.41, 5.74) is -1.11. The Bertz CT molecular complexity index is 4970. The number of rotatable bonds is 9. The Kier molecular flexibility index (Phi) is 17.0. The Morgan fingerprint density at radius 3 is 1.29 bits per heavy atom.